The van der Waals surface area contributed by atoms with Gasteiger partial charge in [0.15, 0.2) is 0 Å². The maximum Gasteiger partial charge on any atom is 0.0103 e. The van der Waals surface area contributed by atoms with Crippen LogP contribution in [0.15, 0.2) is 11.6 Å². The molecule has 3 aliphatic rings. The number of rotatable bonds is 0. The third-order valence-corrected chi connectivity index (χ3v) is 3.44. The molecule has 42 valence electrons. The van der Waals surface area contributed by atoms with E-state index in [4.69, 9.17) is 0 Å². The van der Waals surface area contributed by atoms with Gasteiger partial charge in [-0.3, -0.25) is 0 Å². The van der Waals surface area contributed by atoms with Crippen molar-refractivity contribution in [3.8, 4) is 0 Å². The van der Waals surface area contributed by atoms with E-state index in [2.05, 4.69) is 13.0 Å². The summed E-state index contributed by atoms with van der Waals surface area (Å²) in [5, 5.41) is 0. The second-order valence-electron chi connectivity index (χ2n) is 3.67. The molecule has 0 aliphatic heterocycles. The topological polar surface area (TPSA) is 0 Å². The zero-order valence-corrected chi connectivity index (χ0v) is 5.15. The van der Waals surface area contributed by atoms with Crippen LogP contribution in [-0.2, 0) is 0 Å². The summed E-state index contributed by atoms with van der Waals surface area (Å²) in [5.74, 6) is 2.19. The van der Waals surface area contributed by atoms with Crippen molar-refractivity contribution in [3.05, 3.63) is 11.6 Å². The van der Waals surface area contributed by atoms with E-state index in [0.717, 1.165) is 11.8 Å². The van der Waals surface area contributed by atoms with E-state index in [1.54, 1.807) is 5.57 Å². The van der Waals surface area contributed by atoms with Crippen LogP contribution in [0.25, 0.3) is 0 Å². The molecule has 0 bridgehead atoms. The smallest absolute Gasteiger partial charge is 0.0103 e. The molecule has 8 heavy (non-hydrogen) atoms. The van der Waals surface area contributed by atoms with Gasteiger partial charge in [0.1, 0.15) is 0 Å². The first kappa shape index (κ1) is 3.71. The largest absolute Gasteiger partial charge is 0.0739 e. The van der Waals surface area contributed by atoms with Crippen LogP contribution in [0.4, 0.5) is 0 Å². The fraction of sp³-hybridized carbons (Fsp3) is 0.750. The van der Waals surface area contributed by atoms with Crippen LogP contribution >= 0.6 is 0 Å². The van der Waals surface area contributed by atoms with Crippen molar-refractivity contribution in [3.63, 3.8) is 0 Å². The molecule has 0 heterocycles. The van der Waals surface area contributed by atoms with Gasteiger partial charge in [-0.1, -0.05) is 18.6 Å². The van der Waals surface area contributed by atoms with Crippen molar-refractivity contribution in [2.45, 2.75) is 19.8 Å². The van der Waals surface area contributed by atoms with Crippen molar-refractivity contribution in [2.24, 2.45) is 17.3 Å². The number of allylic oxidation sites excluding steroid dienone is 2. The Morgan fingerprint density at radius 2 is 2.50 bits per heavy atom. The Hall–Kier alpha value is -0.260. The normalized spacial score (nSPS) is 63.9. The Morgan fingerprint density at radius 3 is 2.75 bits per heavy atom. The highest BCUT2D eigenvalue weighted by Crippen LogP contribution is 2.75. The zero-order chi connectivity index (χ0) is 5.35. The molecule has 0 saturated heterocycles. The average molecular weight is 106 g/mol. The maximum atomic E-state index is 2.48. The highest BCUT2D eigenvalue weighted by atomic mass is 14.7. The van der Waals surface area contributed by atoms with Crippen molar-refractivity contribution < 1.29 is 0 Å². The van der Waals surface area contributed by atoms with E-state index < -0.39 is 0 Å². The van der Waals surface area contributed by atoms with Gasteiger partial charge in [0.25, 0.3) is 0 Å². The number of hydrogen-bond donors (Lipinski definition) is 0. The Bertz CT molecular complexity index is 190. The molecule has 3 atom stereocenters. The molecule has 3 unspecified atom stereocenters. The van der Waals surface area contributed by atoms with Crippen LogP contribution in [-0.4, -0.2) is 0 Å². The molecule has 2 saturated carbocycles. The first-order chi connectivity index (χ1) is 3.82. The van der Waals surface area contributed by atoms with Gasteiger partial charge < -0.3 is 0 Å². The van der Waals surface area contributed by atoms with E-state index in [1.165, 1.54) is 12.8 Å². The molecule has 0 spiro atoms. The van der Waals surface area contributed by atoms with Crippen LogP contribution in [0.2, 0.25) is 0 Å². The minimum Gasteiger partial charge on any atom is -0.0739 e. The summed E-state index contributed by atoms with van der Waals surface area (Å²) >= 11 is 0. The minimum atomic E-state index is 0.697. The Kier molecular flexibility index (Phi) is 0.327. The summed E-state index contributed by atoms with van der Waals surface area (Å²) in [6.07, 6.45) is 5.50. The Balaban J connectivity index is 2.04. The molecule has 0 radical (unpaired) electrons. The van der Waals surface area contributed by atoms with Crippen LogP contribution in [0, 0.1) is 17.3 Å². The lowest BCUT2D eigenvalue weighted by atomic mass is 9.53. The van der Waals surface area contributed by atoms with Crippen molar-refractivity contribution in [1.29, 1.82) is 0 Å². The Morgan fingerprint density at radius 1 is 1.62 bits per heavy atom. The molecule has 0 N–H and O–H groups in total. The van der Waals surface area contributed by atoms with Gasteiger partial charge in [-0.15, -0.1) is 0 Å². The average Bonchev–Trinajstić information content (AvgIpc) is 2.09. The summed E-state index contributed by atoms with van der Waals surface area (Å²) in [6.45, 7) is 2.39. The van der Waals surface area contributed by atoms with Crippen molar-refractivity contribution in [2.75, 3.05) is 0 Å². The quantitative estimate of drug-likeness (QED) is 0.414. The van der Waals surface area contributed by atoms with Gasteiger partial charge in [0.2, 0.25) is 0 Å². The molecular formula is C8H10. The molecule has 0 aromatic carbocycles. The van der Waals surface area contributed by atoms with E-state index in [9.17, 15) is 0 Å². The highest BCUT2D eigenvalue weighted by molar-refractivity contribution is 5.52. The first-order valence-corrected chi connectivity index (χ1v) is 3.55. The minimum absolute atomic E-state index is 0.697. The molecule has 0 amide bonds. The third kappa shape index (κ3) is 0.168. The second kappa shape index (κ2) is 0.706. The fourth-order valence-corrected chi connectivity index (χ4v) is 2.61. The number of fused-ring (bicyclic) bond motifs is 4. The molecule has 0 aromatic heterocycles. The Labute approximate surface area is 49.6 Å². The van der Waals surface area contributed by atoms with Crippen LogP contribution in [0.3, 0.4) is 0 Å². The summed E-state index contributed by atoms with van der Waals surface area (Å²) in [5.41, 5.74) is 2.50. The molecule has 0 nitrogen and oxygen atoms in total. The van der Waals surface area contributed by atoms with Crippen LogP contribution in [0.5, 0.6) is 0 Å². The third-order valence-electron chi connectivity index (χ3n) is 3.44. The highest BCUT2D eigenvalue weighted by Gasteiger charge is 2.65. The predicted molar refractivity (Wildman–Crippen MR) is 32.4 cm³/mol. The van der Waals surface area contributed by atoms with Crippen LogP contribution in [0.1, 0.15) is 19.8 Å². The monoisotopic (exact) mass is 106 g/mol. The van der Waals surface area contributed by atoms with E-state index in [-0.39, 0.29) is 0 Å². The summed E-state index contributed by atoms with van der Waals surface area (Å²) in [4.78, 5) is 0. The number of hydrogen-bond acceptors (Lipinski definition) is 0. The van der Waals surface area contributed by atoms with E-state index >= 15 is 0 Å². The SMILES string of the molecule is CC12C=C1C1CCC12. The van der Waals surface area contributed by atoms with Gasteiger partial charge in [-0.2, -0.15) is 0 Å². The second-order valence-corrected chi connectivity index (χ2v) is 3.67. The van der Waals surface area contributed by atoms with Gasteiger partial charge in [0, 0.05) is 5.41 Å². The summed E-state index contributed by atoms with van der Waals surface area (Å²) in [7, 11) is 0. The van der Waals surface area contributed by atoms with Gasteiger partial charge in [-0.05, 0) is 24.7 Å². The van der Waals surface area contributed by atoms with Gasteiger partial charge in [0.05, 0.1) is 0 Å². The summed E-state index contributed by atoms with van der Waals surface area (Å²) in [6, 6.07) is 0. The van der Waals surface area contributed by atoms with Gasteiger partial charge in [-0.25, -0.2) is 0 Å². The lowest BCUT2D eigenvalue weighted by molar-refractivity contribution is 0.0614. The van der Waals surface area contributed by atoms with E-state index in [0.29, 0.717) is 5.41 Å². The molecule has 3 aliphatic carbocycles. The zero-order valence-electron chi connectivity index (χ0n) is 5.15. The van der Waals surface area contributed by atoms with Crippen LogP contribution < -0.4 is 0 Å². The first-order valence-electron chi connectivity index (χ1n) is 3.55. The lowest BCUT2D eigenvalue weighted by Crippen LogP contribution is -2.43. The fourth-order valence-electron chi connectivity index (χ4n) is 2.61. The van der Waals surface area contributed by atoms with Crippen molar-refractivity contribution >= 4 is 0 Å². The maximum absolute atomic E-state index is 2.48. The van der Waals surface area contributed by atoms with E-state index in [1.807, 2.05) is 0 Å². The van der Waals surface area contributed by atoms with Gasteiger partial charge >= 0.3 is 0 Å². The molecule has 0 heteroatoms. The molecule has 0 aromatic rings. The lowest BCUT2D eigenvalue weighted by Gasteiger charge is -2.51. The molecule has 2 fully saturated rings. The predicted octanol–water partition coefficient (Wildman–Crippen LogP) is 1.97. The summed E-state index contributed by atoms with van der Waals surface area (Å²) < 4.78 is 0. The molecule has 3 rings (SSSR count). The standard InChI is InChI=1S/C8H10/c1-8-4-7(8)5-2-3-6(5)8/h4-6H,2-3H2,1H3. The molecular weight excluding hydrogens is 96.1 g/mol. The van der Waals surface area contributed by atoms with Crippen molar-refractivity contribution in [1.82, 2.24) is 0 Å².